The minimum Gasteiger partial charge on any atom is -0.379 e. The Kier molecular flexibility index (Phi) is 10.2. The molecule has 0 saturated carbocycles. The monoisotopic (exact) mass is 520 g/mol. The molecule has 29 heavy (non-hydrogen) atoms. The summed E-state index contributed by atoms with van der Waals surface area (Å²) < 4.78 is 13.0. The number of amides is 1. The number of aryl methyl sites for hydroxylation is 1. The average molecular weight is 520 g/mol. The number of carbonyl (C=O) groups excluding carboxylic acids is 1. The molecule has 10 heteroatoms. The topological polar surface area (TPSA) is 84.2 Å². The van der Waals surface area contributed by atoms with Crippen LogP contribution in [0.1, 0.15) is 26.2 Å². The van der Waals surface area contributed by atoms with Crippen LogP contribution in [0, 0.1) is 0 Å². The standard InChI is InChI=1S/C19H32N6O3.HI/c1-3-20-19(21-7-5-10-27-15-17-6-4-11-28-17)24-8-9-25(18(26)14-24)16-12-22-23(2)13-16;/h12-13,17H,3-11,14-15H2,1-2H3,(H,20,21);1H. The van der Waals surface area contributed by atoms with E-state index in [1.54, 1.807) is 15.8 Å². The predicted octanol–water partition coefficient (Wildman–Crippen LogP) is 1.24. The Hall–Kier alpha value is -1.40. The van der Waals surface area contributed by atoms with Crippen LogP contribution in [0.3, 0.4) is 0 Å². The lowest BCUT2D eigenvalue weighted by Crippen LogP contribution is -2.55. The van der Waals surface area contributed by atoms with Gasteiger partial charge in [0.05, 0.1) is 24.6 Å². The van der Waals surface area contributed by atoms with Crippen LogP contribution in [-0.2, 0) is 21.3 Å². The van der Waals surface area contributed by atoms with E-state index in [4.69, 9.17) is 9.47 Å². The molecule has 2 saturated heterocycles. The summed E-state index contributed by atoms with van der Waals surface area (Å²) in [4.78, 5) is 21.1. The highest BCUT2D eigenvalue weighted by Crippen LogP contribution is 2.16. The lowest BCUT2D eigenvalue weighted by molar-refractivity contribution is -0.120. The minimum absolute atomic E-state index is 0. The van der Waals surface area contributed by atoms with E-state index in [1.165, 1.54) is 0 Å². The molecule has 0 aliphatic carbocycles. The molecule has 0 aromatic carbocycles. The van der Waals surface area contributed by atoms with E-state index in [0.717, 1.165) is 50.6 Å². The zero-order chi connectivity index (χ0) is 19.8. The number of nitrogens with zero attached hydrogens (tertiary/aromatic N) is 5. The Morgan fingerprint density at radius 3 is 2.97 bits per heavy atom. The molecule has 1 aromatic rings. The molecule has 9 nitrogen and oxygen atoms in total. The van der Waals surface area contributed by atoms with Gasteiger partial charge in [0.15, 0.2) is 5.96 Å². The third-order valence-corrected chi connectivity index (χ3v) is 4.89. The third kappa shape index (κ3) is 7.10. The van der Waals surface area contributed by atoms with Crippen LogP contribution >= 0.6 is 24.0 Å². The third-order valence-electron chi connectivity index (χ3n) is 4.89. The molecule has 2 fully saturated rings. The van der Waals surface area contributed by atoms with Gasteiger partial charge in [-0.1, -0.05) is 0 Å². The van der Waals surface area contributed by atoms with E-state index in [9.17, 15) is 4.79 Å². The first-order chi connectivity index (χ1) is 13.7. The smallest absolute Gasteiger partial charge is 0.246 e. The van der Waals surface area contributed by atoms with Crippen molar-refractivity contribution in [2.75, 3.05) is 57.4 Å². The molecule has 1 amide bonds. The maximum atomic E-state index is 12.6. The summed E-state index contributed by atoms with van der Waals surface area (Å²) in [6.07, 6.45) is 6.94. The Labute approximate surface area is 189 Å². The predicted molar refractivity (Wildman–Crippen MR) is 123 cm³/mol. The molecule has 2 aliphatic rings. The van der Waals surface area contributed by atoms with Crippen molar-refractivity contribution in [2.24, 2.45) is 12.0 Å². The fourth-order valence-corrected chi connectivity index (χ4v) is 3.44. The molecule has 1 unspecified atom stereocenters. The van der Waals surface area contributed by atoms with Gasteiger partial charge in [-0.2, -0.15) is 5.10 Å². The Morgan fingerprint density at radius 2 is 2.31 bits per heavy atom. The Morgan fingerprint density at radius 1 is 1.45 bits per heavy atom. The zero-order valence-corrected chi connectivity index (χ0v) is 19.7. The number of anilines is 1. The van der Waals surface area contributed by atoms with Gasteiger partial charge >= 0.3 is 0 Å². The number of guanidine groups is 1. The SMILES string of the molecule is CCNC(=NCCCOCC1CCCO1)N1CCN(c2cnn(C)c2)C(=O)C1.I. The van der Waals surface area contributed by atoms with Gasteiger partial charge in [0.25, 0.3) is 0 Å². The summed E-state index contributed by atoms with van der Waals surface area (Å²) in [6.45, 7) is 7.37. The summed E-state index contributed by atoms with van der Waals surface area (Å²) in [5.74, 6) is 0.852. The second-order valence-electron chi connectivity index (χ2n) is 7.14. The van der Waals surface area contributed by atoms with E-state index < -0.39 is 0 Å². The Balaban J connectivity index is 0.00000300. The van der Waals surface area contributed by atoms with E-state index in [1.807, 2.05) is 25.1 Å². The number of rotatable bonds is 8. The summed E-state index contributed by atoms with van der Waals surface area (Å²) in [7, 11) is 1.85. The Bertz CT molecular complexity index is 662. The second kappa shape index (κ2) is 12.3. The number of aromatic nitrogens is 2. The zero-order valence-electron chi connectivity index (χ0n) is 17.4. The molecule has 1 aromatic heterocycles. The number of ether oxygens (including phenoxy) is 2. The van der Waals surface area contributed by atoms with Crippen molar-refractivity contribution in [1.29, 1.82) is 0 Å². The quantitative estimate of drug-likeness (QED) is 0.241. The first-order valence-corrected chi connectivity index (χ1v) is 10.2. The van der Waals surface area contributed by atoms with Crippen molar-refractivity contribution < 1.29 is 14.3 Å². The van der Waals surface area contributed by atoms with Crippen molar-refractivity contribution in [3.05, 3.63) is 12.4 Å². The molecule has 0 spiro atoms. The molecule has 0 bridgehead atoms. The average Bonchev–Trinajstić information content (AvgIpc) is 3.35. The van der Waals surface area contributed by atoms with Gasteiger partial charge in [0, 0.05) is 52.6 Å². The van der Waals surface area contributed by atoms with E-state index in [-0.39, 0.29) is 36.0 Å². The number of piperazine rings is 1. The molecule has 164 valence electrons. The number of aliphatic imine (C=N–C) groups is 1. The molecule has 3 heterocycles. The summed E-state index contributed by atoms with van der Waals surface area (Å²) in [5.41, 5.74) is 0.845. The van der Waals surface area contributed by atoms with E-state index in [2.05, 4.69) is 15.4 Å². The van der Waals surface area contributed by atoms with Crippen molar-refractivity contribution in [1.82, 2.24) is 20.0 Å². The van der Waals surface area contributed by atoms with Gasteiger partial charge in [-0.25, -0.2) is 0 Å². The highest BCUT2D eigenvalue weighted by Gasteiger charge is 2.27. The highest BCUT2D eigenvalue weighted by molar-refractivity contribution is 14.0. The van der Waals surface area contributed by atoms with Crippen molar-refractivity contribution >= 4 is 41.5 Å². The fraction of sp³-hybridized carbons (Fsp3) is 0.737. The highest BCUT2D eigenvalue weighted by atomic mass is 127. The van der Waals surface area contributed by atoms with E-state index in [0.29, 0.717) is 32.8 Å². The van der Waals surface area contributed by atoms with Crippen LogP contribution in [0.5, 0.6) is 0 Å². The normalized spacial score (nSPS) is 20.1. The summed E-state index contributed by atoms with van der Waals surface area (Å²) in [5, 5.41) is 7.45. The molecule has 1 N–H and O–H groups in total. The van der Waals surface area contributed by atoms with Crippen LogP contribution in [0.2, 0.25) is 0 Å². The second-order valence-corrected chi connectivity index (χ2v) is 7.14. The van der Waals surface area contributed by atoms with Gasteiger partial charge in [-0.15, -0.1) is 24.0 Å². The lowest BCUT2D eigenvalue weighted by Gasteiger charge is -2.35. The molecule has 3 rings (SSSR count). The maximum absolute atomic E-state index is 12.6. The lowest BCUT2D eigenvalue weighted by atomic mass is 10.2. The molecular formula is C19H33IN6O3. The fourth-order valence-electron chi connectivity index (χ4n) is 3.44. The van der Waals surface area contributed by atoms with Gasteiger partial charge in [0.1, 0.15) is 6.54 Å². The van der Waals surface area contributed by atoms with Crippen LogP contribution in [0.4, 0.5) is 5.69 Å². The van der Waals surface area contributed by atoms with Crippen LogP contribution < -0.4 is 10.2 Å². The molecule has 1 atom stereocenters. The van der Waals surface area contributed by atoms with Crippen molar-refractivity contribution in [3.8, 4) is 0 Å². The van der Waals surface area contributed by atoms with E-state index >= 15 is 0 Å². The number of hydrogen-bond acceptors (Lipinski definition) is 5. The van der Waals surface area contributed by atoms with Gasteiger partial charge in [-0.05, 0) is 26.2 Å². The largest absolute Gasteiger partial charge is 0.379 e. The van der Waals surface area contributed by atoms with Crippen molar-refractivity contribution in [3.63, 3.8) is 0 Å². The number of halogens is 1. The van der Waals surface area contributed by atoms with Crippen LogP contribution in [0.25, 0.3) is 0 Å². The summed E-state index contributed by atoms with van der Waals surface area (Å²) in [6, 6.07) is 0. The first-order valence-electron chi connectivity index (χ1n) is 10.2. The first kappa shape index (κ1) is 23.9. The maximum Gasteiger partial charge on any atom is 0.246 e. The van der Waals surface area contributed by atoms with Gasteiger partial charge in [-0.3, -0.25) is 14.5 Å². The van der Waals surface area contributed by atoms with Crippen molar-refractivity contribution in [2.45, 2.75) is 32.3 Å². The molecule has 0 radical (unpaired) electrons. The van der Waals surface area contributed by atoms with Crippen LogP contribution in [0.15, 0.2) is 17.4 Å². The number of nitrogens with one attached hydrogen (secondary N) is 1. The van der Waals surface area contributed by atoms with Crippen LogP contribution in [-0.4, -0.2) is 85.2 Å². The minimum atomic E-state index is 0. The molecule has 2 aliphatic heterocycles. The number of hydrogen-bond donors (Lipinski definition) is 1. The summed E-state index contributed by atoms with van der Waals surface area (Å²) >= 11 is 0. The molecular weight excluding hydrogens is 487 g/mol. The van der Waals surface area contributed by atoms with Gasteiger partial charge < -0.3 is 24.6 Å². The number of carbonyl (C=O) groups is 1. The van der Waals surface area contributed by atoms with Gasteiger partial charge in [0.2, 0.25) is 5.91 Å².